The summed E-state index contributed by atoms with van der Waals surface area (Å²) in [5, 5.41) is 0. The third kappa shape index (κ3) is 8.80. The van der Waals surface area contributed by atoms with Crippen LogP contribution in [0.1, 0.15) is 24.5 Å². The van der Waals surface area contributed by atoms with E-state index in [0.29, 0.717) is 6.42 Å². The molecule has 2 nitrogen and oxygen atoms in total. The maximum Gasteiger partial charge on any atom is 0.123 e. The van der Waals surface area contributed by atoms with Crippen molar-refractivity contribution in [1.29, 1.82) is 0 Å². The number of carbonyl (C=O) groups is 1. The fraction of sp³-hybridized carbons (Fsp3) is 0.316. The molecule has 0 aliphatic rings. The standard InChI is InChI=1S/C12H14FIO2S.C7H8/c1-9(16-17-14)11(6-7-15)8-10-2-4-12(13)5-3-10;1-7-5-3-2-4-6-7/h2-5,7,9,11H,6,8H2,1H3;2-6H,1H3. The van der Waals surface area contributed by atoms with E-state index in [-0.39, 0.29) is 17.8 Å². The molecule has 2 rings (SSSR count). The Morgan fingerprint density at radius 2 is 1.79 bits per heavy atom. The summed E-state index contributed by atoms with van der Waals surface area (Å²) >= 11 is 2.06. The molecule has 0 saturated carbocycles. The van der Waals surface area contributed by atoms with Crippen LogP contribution in [0.4, 0.5) is 4.39 Å². The number of hydrogen-bond acceptors (Lipinski definition) is 3. The first-order chi connectivity index (χ1) is 11.6. The Hall–Kier alpha value is -0.920. The molecule has 0 aliphatic carbocycles. The van der Waals surface area contributed by atoms with Crippen molar-refractivity contribution in [1.82, 2.24) is 0 Å². The van der Waals surface area contributed by atoms with Gasteiger partial charge >= 0.3 is 0 Å². The van der Waals surface area contributed by atoms with Crippen LogP contribution >= 0.6 is 30.4 Å². The molecule has 0 spiro atoms. The molecule has 0 N–H and O–H groups in total. The zero-order valence-electron chi connectivity index (χ0n) is 13.8. The summed E-state index contributed by atoms with van der Waals surface area (Å²) in [6.45, 7) is 4.03. The van der Waals surface area contributed by atoms with Gasteiger partial charge in [-0.05, 0) is 43.9 Å². The third-order valence-electron chi connectivity index (χ3n) is 3.60. The van der Waals surface area contributed by atoms with E-state index < -0.39 is 0 Å². The zero-order chi connectivity index (χ0) is 17.8. The van der Waals surface area contributed by atoms with Crippen molar-refractivity contribution in [3.63, 3.8) is 0 Å². The lowest BCUT2D eigenvalue weighted by molar-refractivity contribution is -0.109. The molecule has 130 valence electrons. The summed E-state index contributed by atoms with van der Waals surface area (Å²) < 4.78 is 18.2. The number of hydrogen-bond donors (Lipinski definition) is 0. The van der Waals surface area contributed by atoms with Gasteiger partial charge in [-0.2, -0.15) is 0 Å². The van der Waals surface area contributed by atoms with E-state index in [1.54, 1.807) is 12.1 Å². The molecule has 2 atom stereocenters. The van der Waals surface area contributed by atoms with Crippen LogP contribution in [0.2, 0.25) is 0 Å². The summed E-state index contributed by atoms with van der Waals surface area (Å²) in [4.78, 5) is 10.6. The van der Waals surface area contributed by atoms with Crippen molar-refractivity contribution < 1.29 is 13.4 Å². The van der Waals surface area contributed by atoms with Crippen molar-refractivity contribution in [2.24, 2.45) is 5.92 Å². The summed E-state index contributed by atoms with van der Waals surface area (Å²) in [5.41, 5.74) is 2.34. The van der Waals surface area contributed by atoms with Crippen molar-refractivity contribution >= 4 is 36.7 Å². The summed E-state index contributed by atoms with van der Waals surface area (Å²) in [7, 11) is 1.27. The van der Waals surface area contributed by atoms with Gasteiger partial charge in [0.2, 0.25) is 0 Å². The molecule has 2 aromatic rings. The van der Waals surface area contributed by atoms with Crippen LogP contribution in [0, 0.1) is 18.7 Å². The lowest BCUT2D eigenvalue weighted by Gasteiger charge is -2.20. The van der Waals surface area contributed by atoms with Crippen LogP contribution in [0.3, 0.4) is 0 Å². The normalized spacial score (nSPS) is 12.7. The van der Waals surface area contributed by atoms with E-state index in [1.165, 1.54) is 26.9 Å². The average Bonchev–Trinajstić information content (AvgIpc) is 2.58. The van der Waals surface area contributed by atoms with Crippen molar-refractivity contribution in [3.8, 4) is 0 Å². The molecule has 0 aromatic heterocycles. The maximum atomic E-state index is 12.8. The van der Waals surface area contributed by atoms with E-state index >= 15 is 0 Å². The van der Waals surface area contributed by atoms with E-state index in [2.05, 4.69) is 40.3 Å². The smallest absolute Gasteiger partial charge is 0.123 e. The molecule has 0 radical (unpaired) electrons. The molecular weight excluding hydrogens is 438 g/mol. The predicted molar refractivity (Wildman–Crippen MR) is 108 cm³/mol. The summed E-state index contributed by atoms with van der Waals surface area (Å²) in [6, 6.07) is 16.6. The van der Waals surface area contributed by atoms with Gasteiger partial charge in [-0.3, -0.25) is 0 Å². The van der Waals surface area contributed by atoms with Crippen molar-refractivity contribution in [3.05, 3.63) is 71.5 Å². The average molecular weight is 460 g/mol. The van der Waals surface area contributed by atoms with Crippen molar-refractivity contribution in [2.75, 3.05) is 0 Å². The lowest BCUT2D eigenvalue weighted by Crippen LogP contribution is -2.21. The predicted octanol–water partition coefficient (Wildman–Crippen LogP) is 5.97. The molecule has 5 heteroatoms. The fourth-order valence-electron chi connectivity index (χ4n) is 2.16. The van der Waals surface area contributed by atoms with Gasteiger partial charge in [-0.15, -0.1) is 0 Å². The van der Waals surface area contributed by atoms with Gasteiger partial charge in [0, 0.05) is 27.6 Å². The van der Waals surface area contributed by atoms with E-state index in [4.69, 9.17) is 4.18 Å². The number of aldehydes is 1. The first-order valence-corrected chi connectivity index (χ1v) is 11.0. The minimum absolute atomic E-state index is 0.00727. The Labute approximate surface area is 160 Å². The van der Waals surface area contributed by atoms with Crippen LogP contribution in [-0.2, 0) is 15.4 Å². The fourth-order valence-corrected chi connectivity index (χ4v) is 3.41. The first kappa shape index (κ1) is 21.1. The first-order valence-electron chi connectivity index (χ1n) is 7.70. The van der Waals surface area contributed by atoms with Crippen molar-refractivity contribution in [2.45, 2.75) is 32.8 Å². The van der Waals surface area contributed by atoms with Gasteiger partial charge in [-0.25, -0.2) is 4.39 Å². The highest BCUT2D eigenvalue weighted by molar-refractivity contribution is 14.2. The molecule has 0 amide bonds. The summed E-state index contributed by atoms with van der Waals surface area (Å²) in [6.07, 6.45) is 2.08. The van der Waals surface area contributed by atoms with Crippen LogP contribution < -0.4 is 0 Å². The van der Waals surface area contributed by atoms with Gasteiger partial charge in [-0.1, -0.05) is 48.0 Å². The van der Waals surface area contributed by atoms with Crippen LogP contribution in [0.5, 0.6) is 0 Å². The highest BCUT2D eigenvalue weighted by Gasteiger charge is 2.18. The van der Waals surface area contributed by atoms with E-state index in [0.717, 1.165) is 18.3 Å². The number of halogens is 2. The quantitative estimate of drug-likeness (QED) is 0.289. The number of rotatable bonds is 7. The third-order valence-corrected chi connectivity index (χ3v) is 4.60. The topological polar surface area (TPSA) is 26.3 Å². The van der Waals surface area contributed by atoms with Crippen LogP contribution in [0.15, 0.2) is 54.6 Å². The summed E-state index contributed by atoms with van der Waals surface area (Å²) in [5.74, 6) is -0.118. The molecule has 2 unspecified atom stereocenters. The van der Waals surface area contributed by atoms with E-state index in [9.17, 15) is 9.18 Å². The Balaban J connectivity index is 0.000000341. The SMILES string of the molecule is CC(OSI)C(CC=O)Cc1ccc(F)cc1.Cc1ccccc1. The van der Waals surface area contributed by atoms with Gasteiger partial charge in [0.25, 0.3) is 0 Å². The Morgan fingerprint density at radius 1 is 1.17 bits per heavy atom. The van der Waals surface area contributed by atoms with E-state index in [1.807, 2.05) is 25.1 Å². The second-order valence-electron chi connectivity index (χ2n) is 5.51. The number of carbonyl (C=O) groups excluding carboxylic acids is 1. The van der Waals surface area contributed by atoms with Gasteiger partial charge in [0.05, 0.1) is 15.3 Å². The number of benzene rings is 2. The molecule has 0 aliphatic heterocycles. The van der Waals surface area contributed by atoms with Gasteiger partial charge in [0.1, 0.15) is 12.1 Å². The largest absolute Gasteiger partial charge is 0.303 e. The molecule has 2 aromatic carbocycles. The van der Waals surface area contributed by atoms with Crippen LogP contribution in [0.25, 0.3) is 0 Å². The van der Waals surface area contributed by atoms with Gasteiger partial charge < -0.3 is 8.98 Å². The molecule has 0 saturated heterocycles. The monoisotopic (exact) mass is 460 g/mol. The lowest BCUT2D eigenvalue weighted by atomic mass is 9.92. The maximum absolute atomic E-state index is 12.8. The Kier molecular flexibility index (Phi) is 11.0. The minimum Gasteiger partial charge on any atom is -0.303 e. The number of aryl methyl sites for hydroxylation is 1. The molecule has 0 bridgehead atoms. The second-order valence-corrected chi connectivity index (χ2v) is 6.91. The Bertz CT molecular complexity index is 578. The zero-order valence-corrected chi connectivity index (χ0v) is 16.8. The minimum atomic E-state index is -0.243. The second kappa shape index (κ2) is 12.4. The highest BCUT2D eigenvalue weighted by atomic mass is 127. The van der Waals surface area contributed by atoms with Crippen LogP contribution in [-0.4, -0.2) is 12.4 Å². The molecule has 24 heavy (non-hydrogen) atoms. The highest BCUT2D eigenvalue weighted by Crippen LogP contribution is 2.24. The molecule has 0 heterocycles. The molecule has 0 fully saturated rings. The van der Waals surface area contributed by atoms with Gasteiger partial charge in [0.15, 0.2) is 0 Å². The molecular formula is C19H22FIO2S. The Morgan fingerprint density at radius 3 is 2.25 bits per heavy atom.